The highest BCUT2D eigenvalue weighted by Gasteiger charge is 2.21. The van der Waals surface area contributed by atoms with Gasteiger partial charge in [0.25, 0.3) is 5.91 Å². The lowest BCUT2D eigenvalue weighted by molar-refractivity contribution is 0.102. The van der Waals surface area contributed by atoms with E-state index in [-0.39, 0.29) is 18.0 Å². The molecule has 33 heavy (non-hydrogen) atoms. The van der Waals surface area contributed by atoms with Crippen LogP contribution in [0.2, 0.25) is 0 Å². The van der Waals surface area contributed by atoms with Crippen molar-refractivity contribution in [1.82, 2.24) is 24.6 Å². The van der Waals surface area contributed by atoms with Crippen molar-refractivity contribution in [2.24, 2.45) is 5.73 Å². The van der Waals surface area contributed by atoms with Crippen molar-refractivity contribution in [1.29, 1.82) is 0 Å². The summed E-state index contributed by atoms with van der Waals surface area (Å²) in [7, 11) is 0. The fraction of sp³-hybridized carbons (Fsp3) is 0.261. The first-order valence-electron chi connectivity index (χ1n) is 10.9. The van der Waals surface area contributed by atoms with Crippen LogP contribution in [-0.2, 0) is 0 Å². The van der Waals surface area contributed by atoms with Crippen LogP contribution < -0.4 is 21.7 Å². The zero-order valence-corrected chi connectivity index (χ0v) is 18.0. The van der Waals surface area contributed by atoms with E-state index in [0.29, 0.717) is 22.8 Å². The number of imidazole rings is 1. The molecule has 5 rings (SSSR count). The van der Waals surface area contributed by atoms with Crippen molar-refractivity contribution in [2.75, 3.05) is 16.0 Å². The maximum atomic E-state index is 13.0. The summed E-state index contributed by atoms with van der Waals surface area (Å²) in [5.74, 6) is 0.347. The van der Waals surface area contributed by atoms with Gasteiger partial charge in [-0.15, -0.1) is 5.10 Å². The number of amides is 1. The first kappa shape index (κ1) is 20.8. The molecule has 1 fully saturated rings. The van der Waals surface area contributed by atoms with Crippen LogP contribution in [0.5, 0.6) is 0 Å². The number of aromatic nitrogens is 5. The van der Waals surface area contributed by atoms with E-state index in [2.05, 4.69) is 30.9 Å². The first-order valence-corrected chi connectivity index (χ1v) is 10.9. The minimum Gasteiger partial charge on any atom is -0.366 e. The molecule has 0 spiro atoms. The van der Waals surface area contributed by atoms with E-state index in [4.69, 9.17) is 10.8 Å². The molecule has 4 aromatic heterocycles. The third-order valence-electron chi connectivity index (χ3n) is 5.70. The molecular formula is C23H25N9O. The van der Waals surface area contributed by atoms with E-state index in [0.717, 1.165) is 37.1 Å². The normalized spacial score (nSPS) is 18.1. The number of nitrogens with two attached hydrogens (primary N) is 1. The lowest BCUT2D eigenvalue weighted by atomic mass is 9.92. The van der Waals surface area contributed by atoms with Gasteiger partial charge in [-0.3, -0.25) is 14.8 Å². The minimum absolute atomic E-state index is 0.262. The fourth-order valence-electron chi connectivity index (χ4n) is 3.98. The number of anilines is 4. The molecule has 0 radical (unpaired) electrons. The number of hydrogen-bond donors (Lipinski definition) is 4. The maximum absolute atomic E-state index is 13.0. The van der Waals surface area contributed by atoms with Crippen molar-refractivity contribution >= 4 is 34.4 Å². The number of hydrogen-bond acceptors (Lipinski definition) is 8. The summed E-state index contributed by atoms with van der Waals surface area (Å²) in [6, 6.07) is 9.67. The maximum Gasteiger partial charge on any atom is 0.276 e. The van der Waals surface area contributed by atoms with Crippen molar-refractivity contribution in [3.8, 4) is 0 Å². The number of rotatable bonds is 6. The number of pyridine rings is 2. The zero-order chi connectivity index (χ0) is 22.6. The Balaban J connectivity index is 1.49. The average Bonchev–Trinajstić information content (AvgIpc) is 3.26. The standard InChI is InChI=1S/C23H25N9O/c24-15-3-5-16(6-4-15)29-21-12-19(28-18-2-1-9-26-13-18)22-27-14-20(32(22)31-21)23(33)30-17-7-10-25-11-8-17/h1-2,7-16,28H,3-6,24H2,(H,29,31)(H,25,30,33)/t15-,16-. The van der Waals surface area contributed by atoms with Gasteiger partial charge in [-0.05, 0) is 49.9 Å². The Hall–Kier alpha value is -4.05. The van der Waals surface area contributed by atoms with Crippen LogP contribution in [0.4, 0.5) is 22.9 Å². The molecule has 0 unspecified atom stereocenters. The van der Waals surface area contributed by atoms with Gasteiger partial charge in [-0.25, -0.2) is 9.50 Å². The van der Waals surface area contributed by atoms with E-state index in [1.54, 1.807) is 41.4 Å². The molecule has 4 heterocycles. The lowest BCUT2D eigenvalue weighted by Gasteiger charge is -2.27. The Labute approximate surface area is 190 Å². The van der Waals surface area contributed by atoms with E-state index in [1.807, 2.05) is 18.2 Å². The Morgan fingerprint density at radius 2 is 1.82 bits per heavy atom. The van der Waals surface area contributed by atoms with Crippen LogP contribution in [0.15, 0.2) is 61.3 Å². The highest BCUT2D eigenvalue weighted by molar-refractivity contribution is 6.03. The Morgan fingerprint density at radius 1 is 1.00 bits per heavy atom. The molecule has 5 N–H and O–H groups in total. The van der Waals surface area contributed by atoms with Crippen molar-refractivity contribution in [3.63, 3.8) is 0 Å². The van der Waals surface area contributed by atoms with E-state index in [9.17, 15) is 4.79 Å². The largest absolute Gasteiger partial charge is 0.366 e. The second-order valence-corrected chi connectivity index (χ2v) is 8.13. The summed E-state index contributed by atoms with van der Waals surface area (Å²) in [6.45, 7) is 0. The topological polar surface area (TPSA) is 135 Å². The molecule has 10 heteroatoms. The highest BCUT2D eigenvalue weighted by atomic mass is 16.2. The van der Waals surface area contributed by atoms with Gasteiger partial charge >= 0.3 is 0 Å². The van der Waals surface area contributed by atoms with Gasteiger partial charge < -0.3 is 21.7 Å². The van der Waals surface area contributed by atoms with Crippen LogP contribution in [0.3, 0.4) is 0 Å². The Bertz CT molecular complexity index is 1240. The highest BCUT2D eigenvalue weighted by Crippen LogP contribution is 2.26. The second kappa shape index (κ2) is 9.21. The molecular weight excluding hydrogens is 418 g/mol. The van der Waals surface area contributed by atoms with Crippen LogP contribution >= 0.6 is 0 Å². The SMILES string of the molecule is N[C@H]1CC[C@H](Nc2cc(Nc3cccnc3)c3ncc(C(=O)Nc4ccncc4)n3n2)CC1. The molecule has 0 aromatic carbocycles. The summed E-state index contributed by atoms with van der Waals surface area (Å²) in [4.78, 5) is 25.6. The number of carbonyl (C=O) groups excluding carboxylic acids is 1. The summed E-state index contributed by atoms with van der Waals surface area (Å²) >= 11 is 0. The molecule has 1 aliphatic carbocycles. The fourth-order valence-corrected chi connectivity index (χ4v) is 3.98. The van der Waals surface area contributed by atoms with Gasteiger partial charge in [0, 0.05) is 42.4 Å². The third-order valence-corrected chi connectivity index (χ3v) is 5.70. The number of nitrogens with one attached hydrogen (secondary N) is 3. The quantitative estimate of drug-likeness (QED) is 0.357. The van der Waals surface area contributed by atoms with Crippen LogP contribution in [0, 0.1) is 0 Å². The molecule has 168 valence electrons. The summed E-state index contributed by atoms with van der Waals surface area (Å²) in [5.41, 5.74) is 9.09. The molecule has 10 nitrogen and oxygen atoms in total. The predicted octanol–water partition coefficient (Wildman–Crippen LogP) is 3.20. The van der Waals surface area contributed by atoms with Gasteiger partial charge in [-0.1, -0.05) is 0 Å². The van der Waals surface area contributed by atoms with Crippen molar-refractivity contribution in [2.45, 2.75) is 37.8 Å². The van der Waals surface area contributed by atoms with Gasteiger partial charge in [-0.2, -0.15) is 0 Å². The van der Waals surface area contributed by atoms with Crippen LogP contribution in [-0.4, -0.2) is 42.6 Å². The summed E-state index contributed by atoms with van der Waals surface area (Å²) in [6.07, 6.45) is 12.1. The summed E-state index contributed by atoms with van der Waals surface area (Å²) < 4.78 is 1.56. The van der Waals surface area contributed by atoms with Crippen molar-refractivity contribution in [3.05, 3.63) is 67.0 Å². The molecule has 0 aliphatic heterocycles. The van der Waals surface area contributed by atoms with E-state index >= 15 is 0 Å². The average molecular weight is 444 g/mol. The Kier molecular flexibility index (Phi) is 5.81. The molecule has 1 aliphatic rings. The molecule has 0 saturated heterocycles. The number of carbonyl (C=O) groups is 1. The molecule has 0 bridgehead atoms. The van der Waals surface area contributed by atoms with Gasteiger partial charge in [0.15, 0.2) is 11.3 Å². The van der Waals surface area contributed by atoms with Gasteiger partial charge in [0.1, 0.15) is 5.82 Å². The zero-order valence-electron chi connectivity index (χ0n) is 18.0. The molecule has 0 atom stereocenters. The number of fused-ring (bicyclic) bond motifs is 1. The smallest absolute Gasteiger partial charge is 0.276 e. The first-order chi connectivity index (χ1) is 16.2. The summed E-state index contributed by atoms with van der Waals surface area (Å²) in [5, 5.41) is 14.4. The number of nitrogens with zero attached hydrogens (tertiary/aromatic N) is 5. The van der Waals surface area contributed by atoms with E-state index in [1.165, 1.54) is 6.20 Å². The predicted molar refractivity (Wildman–Crippen MR) is 127 cm³/mol. The molecule has 1 saturated carbocycles. The van der Waals surface area contributed by atoms with Crippen molar-refractivity contribution < 1.29 is 4.79 Å². The molecule has 4 aromatic rings. The third kappa shape index (κ3) is 4.75. The second-order valence-electron chi connectivity index (χ2n) is 8.13. The Morgan fingerprint density at radius 3 is 2.58 bits per heavy atom. The van der Waals surface area contributed by atoms with Crippen LogP contribution in [0.1, 0.15) is 36.2 Å². The molecule has 1 amide bonds. The minimum atomic E-state index is -0.311. The van der Waals surface area contributed by atoms with Gasteiger partial charge in [0.05, 0.1) is 23.8 Å². The van der Waals surface area contributed by atoms with E-state index < -0.39 is 0 Å². The van der Waals surface area contributed by atoms with Crippen LogP contribution in [0.25, 0.3) is 5.65 Å². The van der Waals surface area contributed by atoms with Gasteiger partial charge in [0.2, 0.25) is 0 Å². The monoisotopic (exact) mass is 443 g/mol. The lowest BCUT2D eigenvalue weighted by Crippen LogP contribution is -2.33.